The number of likely N-dealkylation sites (N-methyl/N-ethyl adjacent to an activating group) is 1. The number of carbonyl (C=O) groups is 1. The molecule has 0 saturated heterocycles. The van der Waals surface area contributed by atoms with Gasteiger partial charge in [0.2, 0.25) is 10.0 Å². The third-order valence-corrected chi connectivity index (χ3v) is 11.1. The number of hydrogen-bond donors (Lipinski definition) is 3. The van der Waals surface area contributed by atoms with Crippen molar-refractivity contribution >= 4 is 54.5 Å². The van der Waals surface area contributed by atoms with Crippen molar-refractivity contribution in [3.8, 4) is 0 Å². The van der Waals surface area contributed by atoms with E-state index in [0.29, 0.717) is 22.5 Å². The number of rotatable bonds is 6. The molecule has 1 aromatic heterocycles. The number of aliphatic hydroxyl groups excluding tert-OH is 1. The molecule has 0 fully saturated rings. The summed E-state index contributed by atoms with van der Waals surface area (Å²) in [4.78, 5) is 15.9. The molecule has 1 aliphatic carbocycles. The molecule has 1 aromatic carbocycles. The first-order valence-corrected chi connectivity index (χ1v) is 16.3. The summed E-state index contributed by atoms with van der Waals surface area (Å²) in [5, 5.41) is 13.5. The molecule has 1 atom stereocenters. The molecule has 2 aromatic rings. The summed E-state index contributed by atoms with van der Waals surface area (Å²) in [5.74, 6) is -0.617. The van der Waals surface area contributed by atoms with Crippen LogP contribution in [0.3, 0.4) is 0 Å². The van der Waals surface area contributed by atoms with Gasteiger partial charge < -0.3 is 10.0 Å². The van der Waals surface area contributed by atoms with Gasteiger partial charge in [0.15, 0.2) is 11.6 Å². The van der Waals surface area contributed by atoms with E-state index < -0.39 is 26.2 Å². The van der Waals surface area contributed by atoms with E-state index in [4.69, 9.17) is 0 Å². The lowest BCUT2D eigenvalue weighted by Crippen LogP contribution is -2.45. The van der Waals surface area contributed by atoms with Gasteiger partial charge in [-0.25, -0.2) is 12.7 Å². The zero-order chi connectivity index (χ0) is 28.4. The van der Waals surface area contributed by atoms with Crippen LogP contribution in [0.15, 0.2) is 44.5 Å². The van der Waals surface area contributed by atoms with Gasteiger partial charge in [-0.1, -0.05) is 55.8 Å². The number of benzene rings is 1. The molecule has 4 rings (SSSR count). The van der Waals surface area contributed by atoms with Crippen LogP contribution in [0.2, 0.25) is 0 Å². The Morgan fingerprint density at radius 1 is 1.21 bits per heavy atom. The molecular weight excluding hydrogens is 547 g/mol. The fourth-order valence-corrected chi connectivity index (χ4v) is 8.04. The van der Waals surface area contributed by atoms with Crippen molar-refractivity contribution in [1.29, 1.82) is 0 Å². The third kappa shape index (κ3) is 4.93. The van der Waals surface area contributed by atoms with Crippen LogP contribution < -0.4 is 4.90 Å². The topological polar surface area (TPSA) is 131 Å². The average Bonchev–Trinajstić information content (AvgIpc) is 3.24. The first-order valence-electron chi connectivity index (χ1n) is 12.1. The number of nitrogens with zero attached hydrogens (tertiary/aromatic N) is 3. The molecule has 0 spiro atoms. The van der Waals surface area contributed by atoms with E-state index in [9.17, 15) is 27.4 Å². The van der Waals surface area contributed by atoms with E-state index in [0.717, 1.165) is 22.5 Å². The van der Waals surface area contributed by atoms with Crippen molar-refractivity contribution < 1.29 is 27.4 Å². The zero-order valence-corrected chi connectivity index (χ0v) is 25.1. The fraction of sp³-hybridized carbons (Fsp3) is 0.462. The molecule has 0 unspecified atom stereocenters. The Hall–Kier alpha value is -2.22. The second kappa shape index (κ2) is 9.46. The predicted octanol–water partition coefficient (Wildman–Crippen LogP) is 5.65. The standard InChI is InChI=1S/C26H35N3O6S3/c1-25(2,3)12-13-26(4)18-11-9-8-10-17(18)20(30)19(22(26)31)23-27-38(34,35)21-16(14-28(5)37(7,32)33)15-36-24(21)29(23)6/h8-11,15,30,34-35H,12-14H2,1-7H3/t26-/m1/s1. The molecular formula is C26H35N3O6S3. The number of thiophene rings is 1. The van der Waals surface area contributed by atoms with Crippen molar-refractivity contribution in [2.45, 2.75) is 57.4 Å². The average molecular weight is 582 g/mol. The molecule has 12 heteroatoms. The van der Waals surface area contributed by atoms with Crippen molar-refractivity contribution in [3.63, 3.8) is 0 Å². The molecule has 0 saturated carbocycles. The normalized spacial score (nSPS) is 22.3. The van der Waals surface area contributed by atoms with Gasteiger partial charge >= 0.3 is 0 Å². The predicted molar refractivity (Wildman–Crippen MR) is 155 cm³/mol. The Morgan fingerprint density at radius 3 is 2.45 bits per heavy atom. The van der Waals surface area contributed by atoms with Crippen molar-refractivity contribution in [3.05, 3.63) is 51.9 Å². The molecule has 208 valence electrons. The van der Waals surface area contributed by atoms with Crippen LogP contribution in [0.1, 0.15) is 57.2 Å². The van der Waals surface area contributed by atoms with Crippen molar-refractivity contribution in [1.82, 2.24) is 4.31 Å². The minimum Gasteiger partial charge on any atom is -0.506 e. The summed E-state index contributed by atoms with van der Waals surface area (Å²) < 4.78 is 51.7. The van der Waals surface area contributed by atoms with Crippen LogP contribution in [-0.4, -0.2) is 58.9 Å². The number of fused-ring (bicyclic) bond motifs is 2. The van der Waals surface area contributed by atoms with Crippen molar-refractivity contribution in [2.24, 2.45) is 9.81 Å². The van der Waals surface area contributed by atoms with E-state index in [1.807, 2.05) is 19.1 Å². The number of hydrogen-bond acceptors (Lipinski definition) is 9. The quantitative estimate of drug-likeness (QED) is 0.402. The molecule has 2 aliphatic rings. The fourth-order valence-electron chi connectivity index (χ4n) is 4.79. The maximum absolute atomic E-state index is 14.2. The monoisotopic (exact) mass is 581 g/mol. The minimum absolute atomic E-state index is 0.0265. The third-order valence-electron chi connectivity index (χ3n) is 7.21. The van der Waals surface area contributed by atoms with Gasteiger partial charge in [-0.2, -0.15) is 0 Å². The van der Waals surface area contributed by atoms with Gasteiger partial charge in [0.1, 0.15) is 21.2 Å². The molecule has 38 heavy (non-hydrogen) atoms. The lowest BCUT2D eigenvalue weighted by molar-refractivity contribution is -0.120. The highest BCUT2D eigenvalue weighted by molar-refractivity contribution is 8.23. The number of carbonyl (C=O) groups excluding carboxylic acids is 1. The lowest BCUT2D eigenvalue weighted by Gasteiger charge is -2.41. The van der Waals surface area contributed by atoms with E-state index in [1.54, 1.807) is 29.5 Å². The molecule has 2 heterocycles. The van der Waals surface area contributed by atoms with Crippen LogP contribution in [-0.2, 0) is 26.8 Å². The summed E-state index contributed by atoms with van der Waals surface area (Å²) in [6, 6.07) is 7.23. The Bertz CT molecular complexity index is 1470. The Morgan fingerprint density at radius 2 is 1.84 bits per heavy atom. The van der Waals surface area contributed by atoms with E-state index in [1.165, 1.54) is 18.4 Å². The number of amidine groups is 1. The second-order valence-corrected chi connectivity index (χ2v) is 16.0. The van der Waals surface area contributed by atoms with Gasteiger partial charge in [0.05, 0.1) is 11.7 Å². The largest absolute Gasteiger partial charge is 0.506 e. The summed E-state index contributed by atoms with van der Waals surface area (Å²) in [7, 11) is -4.26. The van der Waals surface area contributed by atoms with Crippen LogP contribution >= 0.6 is 22.1 Å². The van der Waals surface area contributed by atoms with Crippen LogP contribution in [0.4, 0.5) is 5.00 Å². The molecule has 3 N–H and O–H groups in total. The summed E-state index contributed by atoms with van der Waals surface area (Å²) in [5.41, 5.74) is 0.606. The summed E-state index contributed by atoms with van der Waals surface area (Å²) in [6.07, 6.45) is 2.36. The highest BCUT2D eigenvalue weighted by Crippen LogP contribution is 2.61. The smallest absolute Gasteiger partial charge is 0.211 e. The summed E-state index contributed by atoms with van der Waals surface area (Å²) in [6.45, 7) is 8.12. The SMILES string of the molecule is CN1C(C2=C(O)c3ccccc3[C@@](C)(CCC(C)(C)C)C2=O)=NS(O)(O)c2c(CN(C)S(C)(=O)=O)csc21. The maximum atomic E-state index is 14.2. The molecule has 1 aliphatic heterocycles. The maximum Gasteiger partial charge on any atom is 0.211 e. The molecule has 0 bridgehead atoms. The van der Waals surface area contributed by atoms with Gasteiger partial charge in [-0.15, -0.1) is 15.7 Å². The van der Waals surface area contributed by atoms with E-state index in [-0.39, 0.29) is 39.8 Å². The molecule has 0 amide bonds. The number of Topliss-reactive ketones (excluding diaryl/α,β-unsaturated/α-hetero) is 1. The van der Waals surface area contributed by atoms with Crippen LogP contribution in [0.5, 0.6) is 0 Å². The zero-order valence-electron chi connectivity index (χ0n) is 22.6. The lowest BCUT2D eigenvalue weighted by atomic mass is 9.65. The molecule has 0 radical (unpaired) electrons. The van der Waals surface area contributed by atoms with Gasteiger partial charge in [0, 0.05) is 31.8 Å². The number of ketones is 1. The van der Waals surface area contributed by atoms with Gasteiger partial charge in [-0.3, -0.25) is 13.9 Å². The van der Waals surface area contributed by atoms with Gasteiger partial charge in [-0.05, 0) is 36.1 Å². The van der Waals surface area contributed by atoms with E-state index >= 15 is 0 Å². The first-order chi connectivity index (χ1) is 17.4. The summed E-state index contributed by atoms with van der Waals surface area (Å²) >= 11 is 1.19. The molecule has 9 nitrogen and oxygen atoms in total. The highest BCUT2D eigenvalue weighted by Gasteiger charge is 2.48. The number of aliphatic hydroxyl groups is 1. The number of anilines is 1. The second-order valence-electron chi connectivity index (χ2n) is 11.4. The Labute approximate surface area is 230 Å². The highest BCUT2D eigenvalue weighted by atomic mass is 32.3. The Kier molecular flexibility index (Phi) is 7.16. The van der Waals surface area contributed by atoms with Gasteiger partial charge in [0.25, 0.3) is 0 Å². The number of sulfonamides is 1. The minimum atomic E-state index is -3.81. The first kappa shape index (κ1) is 28.8. The van der Waals surface area contributed by atoms with Crippen LogP contribution in [0, 0.1) is 5.41 Å². The Balaban J connectivity index is 1.85. The van der Waals surface area contributed by atoms with Crippen LogP contribution in [0.25, 0.3) is 5.76 Å². The van der Waals surface area contributed by atoms with Crippen molar-refractivity contribution in [2.75, 3.05) is 25.3 Å². The van der Waals surface area contributed by atoms with E-state index in [2.05, 4.69) is 25.2 Å².